The summed E-state index contributed by atoms with van der Waals surface area (Å²) in [7, 11) is 0. The third kappa shape index (κ3) is 4.76. The van der Waals surface area contributed by atoms with Crippen LogP contribution in [0.5, 0.6) is 0 Å². The number of halogens is 1. The molecular formula is C12H18BrNO. The molecule has 1 heterocycles. The van der Waals surface area contributed by atoms with E-state index in [2.05, 4.69) is 34.8 Å². The number of hydrogen-bond donors (Lipinski definition) is 1. The summed E-state index contributed by atoms with van der Waals surface area (Å²) in [6.07, 6.45) is 3.72. The SMILES string of the molecule is CC(C)CC(CO)Cc1ccc(Br)cn1. The largest absolute Gasteiger partial charge is 0.396 e. The van der Waals surface area contributed by atoms with Crippen molar-refractivity contribution in [3.8, 4) is 0 Å². The zero-order chi connectivity index (χ0) is 11.3. The Hall–Kier alpha value is -0.410. The molecule has 0 aliphatic rings. The molecule has 1 aromatic heterocycles. The summed E-state index contributed by atoms with van der Waals surface area (Å²) in [4.78, 5) is 4.32. The highest BCUT2D eigenvalue weighted by Crippen LogP contribution is 2.16. The average Bonchev–Trinajstić information content (AvgIpc) is 2.19. The Kier molecular flexibility index (Phi) is 5.26. The lowest BCUT2D eigenvalue weighted by Crippen LogP contribution is -2.13. The van der Waals surface area contributed by atoms with Gasteiger partial charge < -0.3 is 5.11 Å². The second-order valence-corrected chi connectivity index (χ2v) is 5.27. The van der Waals surface area contributed by atoms with Crippen LogP contribution in [0.25, 0.3) is 0 Å². The molecule has 1 N–H and O–H groups in total. The van der Waals surface area contributed by atoms with Crippen molar-refractivity contribution in [2.45, 2.75) is 26.7 Å². The molecule has 0 aromatic carbocycles. The van der Waals surface area contributed by atoms with Gasteiger partial charge in [-0.05, 0) is 52.7 Å². The number of pyridine rings is 1. The normalized spacial score (nSPS) is 13.1. The average molecular weight is 272 g/mol. The molecule has 2 nitrogen and oxygen atoms in total. The minimum atomic E-state index is 0.246. The maximum atomic E-state index is 9.25. The molecule has 1 aromatic rings. The molecule has 0 spiro atoms. The van der Waals surface area contributed by atoms with E-state index in [-0.39, 0.29) is 6.61 Å². The van der Waals surface area contributed by atoms with E-state index in [1.807, 2.05) is 12.1 Å². The molecule has 1 atom stereocenters. The van der Waals surface area contributed by atoms with Crippen LogP contribution in [-0.4, -0.2) is 16.7 Å². The first kappa shape index (κ1) is 12.7. The zero-order valence-electron chi connectivity index (χ0n) is 9.28. The van der Waals surface area contributed by atoms with Gasteiger partial charge in [0.15, 0.2) is 0 Å². The second-order valence-electron chi connectivity index (χ2n) is 4.35. The Morgan fingerprint density at radius 2 is 2.13 bits per heavy atom. The van der Waals surface area contributed by atoms with Crippen molar-refractivity contribution in [1.82, 2.24) is 4.98 Å². The van der Waals surface area contributed by atoms with Crippen LogP contribution in [0.3, 0.4) is 0 Å². The highest BCUT2D eigenvalue weighted by Gasteiger charge is 2.11. The molecule has 84 valence electrons. The van der Waals surface area contributed by atoms with Gasteiger partial charge in [-0.3, -0.25) is 4.98 Å². The molecule has 1 unspecified atom stereocenters. The maximum Gasteiger partial charge on any atom is 0.0463 e. The first-order valence-corrected chi connectivity index (χ1v) is 6.12. The first-order valence-electron chi connectivity index (χ1n) is 5.33. The van der Waals surface area contributed by atoms with Crippen molar-refractivity contribution in [3.05, 3.63) is 28.5 Å². The monoisotopic (exact) mass is 271 g/mol. The molecule has 3 heteroatoms. The van der Waals surface area contributed by atoms with Crippen LogP contribution in [0.4, 0.5) is 0 Å². The van der Waals surface area contributed by atoms with E-state index in [0.717, 1.165) is 23.0 Å². The number of aliphatic hydroxyl groups is 1. The van der Waals surface area contributed by atoms with E-state index < -0.39 is 0 Å². The number of rotatable bonds is 5. The number of hydrogen-bond acceptors (Lipinski definition) is 2. The number of aromatic nitrogens is 1. The highest BCUT2D eigenvalue weighted by atomic mass is 79.9. The van der Waals surface area contributed by atoms with Crippen LogP contribution < -0.4 is 0 Å². The molecule has 15 heavy (non-hydrogen) atoms. The lowest BCUT2D eigenvalue weighted by Gasteiger charge is -2.15. The lowest BCUT2D eigenvalue weighted by atomic mass is 9.93. The van der Waals surface area contributed by atoms with Crippen LogP contribution in [0, 0.1) is 11.8 Å². The lowest BCUT2D eigenvalue weighted by molar-refractivity contribution is 0.204. The third-order valence-electron chi connectivity index (χ3n) is 2.35. The Morgan fingerprint density at radius 3 is 2.60 bits per heavy atom. The molecule has 0 bridgehead atoms. The van der Waals surface area contributed by atoms with Crippen molar-refractivity contribution in [2.75, 3.05) is 6.61 Å². The quantitative estimate of drug-likeness (QED) is 0.893. The van der Waals surface area contributed by atoms with E-state index in [0.29, 0.717) is 11.8 Å². The molecule has 0 saturated heterocycles. The summed E-state index contributed by atoms with van der Waals surface area (Å²) in [6.45, 7) is 4.60. The van der Waals surface area contributed by atoms with Crippen molar-refractivity contribution >= 4 is 15.9 Å². The number of aliphatic hydroxyl groups excluding tert-OH is 1. The van der Waals surface area contributed by atoms with E-state index in [4.69, 9.17) is 0 Å². The van der Waals surface area contributed by atoms with Crippen molar-refractivity contribution in [2.24, 2.45) is 11.8 Å². The topological polar surface area (TPSA) is 33.1 Å². The predicted molar refractivity (Wildman–Crippen MR) is 65.7 cm³/mol. The van der Waals surface area contributed by atoms with Crippen molar-refractivity contribution < 1.29 is 5.11 Å². The summed E-state index contributed by atoms with van der Waals surface area (Å²) >= 11 is 3.36. The molecule has 0 aliphatic carbocycles. The van der Waals surface area contributed by atoms with E-state index in [1.165, 1.54) is 0 Å². The Labute approximate surface area is 99.9 Å². The molecule has 0 radical (unpaired) electrons. The zero-order valence-corrected chi connectivity index (χ0v) is 10.9. The van der Waals surface area contributed by atoms with E-state index in [1.54, 1.807) is 6.20 Å². The molecule has 0 aliphatic heterocycles. The van der Waals surface area contributed by atoms with Crippen LogP contribution in [0.15, 0.2) is 22.8 Å². The smallest absolute Gasteiger partial charge is 0.0463 e. The summed E-state index contributed by atoms with van der Waals surface area (Å²) < 4.78 is 0.996. The van der Waals surface area contributed by atoms with Gasteiger partial charge in [0.1, 0.15) is 0 Å². The van der Waals surface area contributed by atoms with Gasteiger partial charge in [0.25, 0.3) is 0 Å². The van der Waals surface area contributed by atoms with Gasteiger partial charge in [-0.25, -0.2) is 0 Å². The standard InChI is InChI=1S/C12H18BrNO/c1-9(2)5-10(8-15)6-12-4-3-11(13)7-14-12/h3-4,7,9-10,15H,5-6,8H2,1-2H3. The Morgan fingerprint density at radius 1 is 1.40 bits per heavy atom. The third-order valence-corrected chi connectivity index (χ3v) is 2.82. The fraction of sp³-hybridized carbons (Fsp3) is 0.583. The Bertz CT molecular complexity index is 284. The minimum Gasteiger partial charge on any atom is -0.396 e. The molecular weight excluding hydrogens is 254 g/mol. The molecule has 0 saturated carbocycles. The van der Waals surface area contributed by atoms with E-state index in [9.17, 15) is 5.11 Å². The summed E-state index contributed by atoms with van der Waals surface area (Å²) in [5, 5.41) is 9.25. The molecule has 1 rings (SSSR count). The van der Waals surface area contributed by atoms with Gasteiger partial charge in [0, 0.05) is 23.0 Å². The van der Waals surface area contributed by atoms with Crippen LogP contribution in [0.2, 0.25) is 0 Å². The van der Waals surface area contributed by atoms with Gasteiger partial charge in [-0.2, -0.15) is 0 Å². The molecule has 0 amide bonds. The fourth-order valence-corrected chi connectivity index (χ4v) is 1.95. The van der Waals surface area contributed by atoms with Gasteiger partial charge in [-0.1, -0.05) is 13.8 Å². The van der Waals surface area contributed by atoms with Gasteiger partial charge in [0.2, 0.25) is 0 Å². The van der Waals surface area contributed by atoms with Gasteiger partial charge in [0.05, 0.1) is 0 Å². The van der Waals surface area contributed by atoms with E-state index >= 15 is 0 Å². The fourth-order valence-electron chi connectivity index (χ4n) is 1.71. The highest BCUT2D eigenvalue weighted by molar-refractivity contribution is 9.10. The summed E-state index contributed by atoms with van der Waals surface area (Å²) in [6, 6.07) is 4.00. The van der Waals surface area contributed by atoms with Gasteiger partial charge in [-0.15, -0.1) is 0 Å². The predicted octanol–water partition coefficient (Wildman–Crippen LogP) is 3.04. The maximum absolute atomic E-state index is 9.25. The molecule has 0 fully saturated rings. The summed E-state index contributed by atoms with van der Waals surface area (Å²) in [5.41, 5.74) is 1.05. The van der Waals surface area contributed by atoms with Crippen molar-refractivity contribution in [1.29, 1.82) is 0 Å². The number of nitrogens with zero attached hydrogens (tertiary/aromatic N) is 1. The van der Waals surface area contributed by atoms with Crippen molar-refractivity contribution in [3.63, 3.8) is 0 Å². The van der Waals surface area contributed by atoms with Crippen LogP contribution in [0.1, 0.15) is 26.0 Å². The van der Waals surface area contributed by atoms with Crippen LogP contribution in [-0.2, 0) is 6.42 Å². The Balaban J connectivity index is 2.54. The second kappa shape index (κ2) is 6.23. The first-order chi connectivity index (χ1) is 7.11. The summed E-state index contributed by atoms with van der Waals surface area (Å²) in [5.74, 6) is 0.955. The van der Waals surface area contributed by atoms with Crippen LogP contribution >= 0.6 is 15.9 Å². The minimum absolute atomic E-state index is 0.246. The van der Waals surface area contributed by atoms with Gasteiger partial charge >= 0.3 is 0 Å².